The van der Waals surface area contributed by atoms with E-state index in [-0.39, 0.29) is 18.0 Å². The van der Waals surface area contributed by atoms with E-state index in [1.807, 2.05) is 78.6 Å². The van der Waals surface area contributed by atoms with E-state index in [1.165, 1.54) is 0 Å². The highest BCUT2D eigenvalue weighted by Crippen LogP contribution is 2.41. The van der Waals surface area contributed by atoms with E-state index in [2.05, 4.69) is 10.0 Å². The summed E-state index contributed by atoms with van der Waals surface area (Å²) >= 11 is 0. The molecule has 5 heteroatoms. The minimum Gasteiger partial charge on any atom is -0.323 e. The third-order valence-corrected chi connectivity index (χ3v) is 4.42. The Kier molecular flexibility index (Phi) is 5.17. The number of carbonyl (C=O) groups is 1. The molecule has 0 unspecified atom stereocenters. The molecule has 1 heterocycles. The quantitative estimate of drug-likeness (QED) is 0.247. The van der Waals surface area contributed by atoms with Gasteiger partial charge in [0.25, 0.3) is 5.91 Å². The fourth-order valence-corrected chi connectivity index (χ4v) is 3.11. The molecule has 0 radical (unpaired) electrons. The normalized spacial score (nSPS) is 19.2. The lowest BCUT2D eigenvalue weighted by Crippen LogP contribution is -2.48. The zero-order valence-corrected chi connectivity index (χ0v) is 14.1. The van der Waals surface area contributed by atoms with Crippen molar-refractivity contribution in [3.8, 4) is 0 Å². The van der Waals surface area contributed by atoms with Crippen LogP contribution in [0, 0.1) is 0 Å². The molecule has 1 aliphatic heterocycles. The minimum atomic E-state index is -0.297. The molecule has 0 bridgehead atoms. The first-order valence-electron chi connectivity index (χ1n) is 8.40. The number of nitrogens with zero attached hydrogens (tertiary/aromatic N) is 4. The summed E-state index contributed by atoms with van der Waals surface area (Å²) < 4.78 is 0. The monoisotopic (exact) mass is 332 g/mol. The third-order valence-electron chi connectivity index (χ3n) is 4.42. The highest BCUT2D eigenvalue weighted by atomic mass is 16.2. The Labute approximate surface area is 147 Å². The van der Waals surface area contributed by atoms with Gasteiger partial charge in [-0.3, -0.25) is 4.79 Å². The van der Waals surface area contributed by atoms with Crippen molar-refractivity contribution in [1.82, 2.24) is 4.90 Å². The van der Waals surface area contributed by atoms with Gasteiger partial charge in [-0.2, -0.15) is 0 Å². The Morgan fingerprint density at radius 1 is 1.16 bits per heavy atom. The van der Waals surface area contributed by atoms with Crippen molar-refractivity contribution >= 4 is 5.91 Å². The molecule has 0 spiro atoms. The average Bonchev–Trinajstić information content (AvgIpc) is 2.67. The lowest BCUT2D eigenvalue weighted by Gasteiger charge is -2.43. The van der Waals surface area contributed by atoms with Crippen LogP contribution in [0.1, 0.15) is 30.5 Å². The zero-order chi connectivity index (χ0) is 17.6. The van der Waals surface area contributed by atoms with Gasteiger partial charge in [0.15, 0.2) is 0 Å². The number of benzene rings is 2. The van der Waals surface area contributed by atoms with Gasteiger partial charge in [-0.25, -0.2) is 0 Å². The molecule has 0 N–H and O–H groups in total. The first kappa shape index (κ1) is 16.8. The highest BCUT2D eigenvalue weighted by Gasteiger charge is 2.42. The molecule has 25 heavy (non-hydrogen) atoms. The molecule has 1 aliphatic rings. The van der Waals surface area contributed by atoms with Crippen LogP contribution in [-0.2, 0) is 11.3 Å². The third kappa shape index (κ3) is 3.57. The van der Waals surface area contributed by atoms with Crippen molar-refractivity contribution < 1.29 is 4.79 Å². The van der Waals surface area contributed by atoms with E-state index in [4.69, 9.17) is 5.53 Å². The summed E-state index contributed by atoms with van der Waals surface area (Å²) in [5, 5.41) is 3.77. The van der Waals surface area contributed by atoms with Crippen LogP contribution in [0.25, 0.3) is 10.4 Å². The second-order valence-electron chi connectivity index (χ2n) is 6.03. The lowest BCUT2D eigenvalue weighted by atomic mass is 9.86. The number of rotatable bonds is 6. The number of β-lactam (4-membered cyclic amide) rings is 1. The fraction of sp³-hybridized carbons (Fsp3) is 0.250. The van der Waals surface area contributed by atoms with Crippen LogP contribution >= 0.6 is 0 Å². The second kappa shape index (κ2) is 7.69. The van der Waals surface area contributed by atoms with Crippen molar-refractivity contribution in [2.24, 2.45) is 5.11 Å². The van der Waals surface area contributed by atoms with Crippen molar-refractivity contribution in [3.63, 3.8) is 0 Å². The predicted octanol–water partition coefficient (Wildman–Crippen LogP) is 4.79. The molecule has 1 fully saturated rings. The maximum absolute atomic E-state index is 12.7. The number of azide groups is 1. The summed E-state index contributed by atoms with van der Waals surface area (Å²) in [5.74, 6) is 0.00398. The summed E-state index contributed by atoms with van der Waals surface area (Å²) in [6.07, 6.45) is 2.49. The molecule has 2 aromatic rings. The number of likely N-dealkylation sites (tertiary alicyclic amines) is 1. The van der Waals surface area contributed by atoms with Crippen LogP contribution < -0.4 is 0 Å². The van der Waals surface area contributed by atoms with Gasteiger partial charge in [-0.1, -0.05) is 78.8 Å². The maximum Gasteiger partial charge on any atom is 0.253 e. The largest absolute Gasteiger partial charge is 0.323 e. The maximum atomic E-state index is 12.7. The topological polar surface area (TPSA) is 69.1 Å². The van der Waals surface area contributed by atoms with Crippen LogP contribution in [0.15, 0.2) is 77.4 Å². The Hall–Kier alpha value is -3.04. The van der Waals surface area contributed by atoms with E-state index in [0.717, 1.165) is 11.1 Å². The number of hydrogen-bond acceptors (Lipinski definition) is 2. The average molecular weight is 332 g/mol. The molecular formula is C20H20N4O. The van der Waals surface area contributed by atoms with Crippen LogP contribution in [0.4, 0.5) is 0 Å². The van der Waals surface area contributed by atoms with Gasteiger partial charge in [-0.05, 0) is 23.1 Å². The Morgan fingerprint density at radius 2 is 1.80 bits per heavy atom. The molecule has 0 saturated carbocycles. The molecule has 0 aliphatic carbocycles. The van der Waals surface area contributed by atoms with Gasteiger partial charge in [0.2, 0.25) is 0 Å². The molecule has 2 aromatic carbocycles. The smallest absolute Gasteiger partial charge is 0.253 e. The first-order chi connectivity index (χ1) is 12.2. The van der Waals surface area contributed by atoms with Gasteiger partial charge in [-0.15, -0.1) is 0 Å². The second-order valence-corrected chi connectivity index (χ2v) is 6.03. The van der Waals surface area contributed by atoms with E-state index in [1.54, 1.807) is 0 Å². The summed E-state index contributed by atoms with van der Waals surface area (Å²) in [6, 6.07) is 19.5. The molecule has 5 nitrogen and oxygen atoms in total. The number of hydrogen-bond donors (Lipinski definition) is 0. The molecule has 0 aromatic heterocycles. The van der Waals surface area contributed by atoms with Crippen molar-refractivity contribution in [2.45, 2.75) is 32.0 Å². The summed E-state index contributed by atoms with van der Waals surface area (Å²) in [4.78, 5) is 17.5. The van der Waals surface area contributed by atoms with Gasteiger partial charge in [0.1, 0.15) is 0 Å². The number of amides is 1. The summed E-state index contributed by atoms with van der Waals surface area (Å²) in [7, 11) is 0. The van der Waals surface area contributed by atoms with E-state index in [9.17, 15) is 4.79 Å². The van der Waals surface area contributed by atoms with Gasteiger partial charge in [0, 0.05) is 17.0 Å². The lowest BCUT2D eigenvalue weighted by molar-refractivity contribution is -0.138. The number of carbonyl (C=O) groups excluding carboxylic acids is 1. The van der Waals surface area contributed by atoms with Crippen LogP contribution in [0.3, 0.4) is 0 Å². The van der Waals surface area contributed by atoms with E-state index < -0.39 is 0 Å². The molecular weight excluding hydrogens is 312 g/mol. The predicted molar refractivity (Wildman–Crippen MR) is 97.5 cm³/mol. The van der Waals surface area contributed by atoms with Crippen molar-refractivity contribution in [1.29, 1.82) is 0 Å². The SMILES string of the molecule is CC[C@@H](/C=C1\C(=O)N(Cc2ccccc2)[C@H]1c1ccccc1)N=[N+]=[N-]. The molecule has 1 saturated heterocycles. The van der Waals surface area contributed by atoms with Gasteiger partial charge < -0.3 is 4.90 Å². The Morgan fingerprint density at radius 3 is 2.40 bits per heavy atom. The van der Waals surface area contributed by atoms with Crippen LogP contribution in [-0.4, -0.2) is 16.8 Å². The van der Waals surface area contributed by atoms with Crippen molar-refractivity contribution in [2.75, 3.05) is 0 Å². The molecule has 2 atom stereocenters. The van der Waals surface area contributed by atoms with Crippen molar-refractivity contribution in [3.05, 3.63) is 93.9 Å². The Balaban J connectivity index is 1.92. The summed E-state index contributed by atoms with van der Waals surface area (Å²) in [6.45, 7) is 2.51. The van der Waals surface area contributed by atoms with Crippen LogP contribution in [0.2, 0.25) is 0 Å². The van der Waals surface area contributed by atoms with Crippen LogP contribution in [0.5, 0.6) is 0 Å². The first-order valence-corrected chi connectivity index (χ1v) is 8.40. The molecule has 3 rings (SSSR count). The molecule has 126 valence electrons. The fourth-order valence-electron chi connectivity index (χ4n) is 3.11. The summed E-state index contributed by atoms with van der Waals surface area (Å²) in [5.41, 5.74) is 11.6. The minimum absolute atomic E-state index is 0.00398. The molecule has 1 amide bonds. The Bertz CT molecular complexity index is 810. The zero-order valence-electron chi connectivity index (χ0n) is 14.1. The van der Waals surface area contributed by atoms with Gasteiger partial charge in [0.05, 0.1) is 12.1 Å². The van der Waals surface area contributed by atoms with Gasteiger partial charge >= 0.3 is 0 Å². The highest BCUT2D eigenvalue weighted by molar-refractivity contribution is 6.02. The standard InChI is InChI=1S/C20H20N4O/c1-2-17(22-23-21)13-18-19(16-11-7-4-8-12-16)24(20(18)25)14-15-9-5-3-6-10-15/h3-13,17,19H,2,14H2,1H3/b18-13-/t17-,19-/m0/s1. The van der Waals surface area contributed by atoms with E-state index in [0.29, 0.717) is 18.5 Å². The van der Waals surface area contributed by atoms with E-state index >= 15 is 0 Å².